The highest BCUT2D eigenvalue weighted by molar-refractivity contribution is 6.36. The molecule has 0 bridgehead atoms. The molecule has 1 amide bonds. The first kappa shape index (κ1) is 22.0. The number of allylic oxidation sites excluding steroid dienone is 1. The van der Waals surface area contributed by atoms with Crippen molar-refractivity contribution in [2.45, 2.75) is 13.0 Å². The number of halogens is 2. The first-order chi connectivity index (χ1) is 16.4. The molecule has 0 saturated heterocycles. The highest BCUT2D eigenvalue weighted by Gasteiger charge is 2.35. The van der Waals surface area contributed by atoms with Crippen molar-refractivity contribution in [3.8, 4) is 17.1 Å². The van der Waals surface area contributed by atoms with Crippen LogP contribution in [0.3, 0.4) is 0 Å². The molecular weight excluding hydrogens is 473 g/mol. The minimum atomic E-state index is -0.639. The number of carbonyl (C=O) groups is 1. The number of aromatic hydroxyl groups is 1. The predicted octanol–water partition coefficient (Wildman–Crippen LogP) is 5.89. The van der Waals surface area contributed by atoms with E-state index in [1.54, 1.807) is 41.1 Å². The van der Waals surface area contributed by atoms with Crippen molar-refractivity contribution in [2.75, 3.05) is 10.6 Å². The van der Waals surface area contributed by atoms with Gasteiger partial charge in [-0.2, -0.15) is 4.98 Å². The number of phenolic OH excluding ortho intramolecular Hbond substituents is 1. The second kappa shape index (κ2) is 8.85. The molecule has 0 saturated carbocycles. The summed E-state index contributed by atoms with van der Waals surface area (Å²) < 4.78 is 1.63. The molecule has 7 nitrogen and oxygen atoms in total. The van der Waals surface area contributed by atoms with Crippen molar-refractivity contribution >= 4 is 40.7 Å². The summed E-state index contributed by atoms with van der Waals surface area (Å²) in [4.78, 5) is 18.1. The van der Waals surface area contributed by atoms with E-state index in [0.29, 0.717) is 49.9 Å². The van der Waals surface area contributed by atoms with Crippen LogP contribution in [-0.4, -0.2) is 25.8 Å². The number of aromatic nitrogens is 3. The van der Waals surface area contributed by atoms with E-state index in [1.165, 1.54) is 0 Å². The van der Waals surface area contributed by atoms with Gasteiger partial charge in [0.25, 0.3) is 5.91 Å². The van der Waals surface area contributed by atoms with Crippen LogP contribution in [0.2, 0.25) is 10.0 Å². The molecule has 0 unspecified atom stereocenters. The van der Waals surface area contributed by atoms with E-state index in [0.717, 1.165) is 0 Å². The van der Waals surface area contributed by atoms with E-state index in [9.17, 15) is 9.90 Å². The molecule has 1 aliphatic rings. The molecule has 34 heavy (non-hydrogen) atoms. The highest BCUT2D eigenvalue weighted by atomic mass is 35.5. The van der Waals surface area contributed by atoms with Crippen LogP contribution in [0, 0.1) is 0 Å². The quantitative estimate of drug-likeness (QED) is 0.331. The van der Waals surface area contributed by atoms with Gasteiger partial charge in [-0.15, -0.1) is 5.10 Å². The Morgan fingerprint density at radius 1 is 1.06 bits per heavy atom. The Morgan fingerprint density at radius 3 is 2.59 bits per heavy atom. The van der Waals surface area contributed by atoms with Crippen LogP contribution in [0.4, 0.5) is 11.6 Å². The zero-order chi connectivity index (χ0) is 23.8. The Morgan fingerprint density at radius 2 is 1.85 bits per heavy atom. The van der Waals surface area contributed by atoms with Gasteiger partial charge in [0.1, 0.15) is 11.8 Å². The van der Waals surface area contributed by atoms with E-state index in [1.807, 2.05) is 43.3 Å². The van der Waals surface area contributed by atoms with Gasteiger partial charge in [0, 0.05) is 22.0 Å². The number of hydrogen-bond donors (Lipinski definition) is 3. The summed E-state index contributed by atoms with van der Waals surface area (Å²) in [5.74, 6) is 0.617. The van der Waals surface area contributed by atoms with Crippen LogP contribution in [0.1, 0.15) is 18.5 Å². The number of amides is 1. The second-order valence-corrected chi connectivity index (χ2v) is 8.65. The van der Waals surface area contributed by atoms with Crippen LogP contribution in [-0.2, 0) is 4.79 Å². The van der Waals surface area contributed by atoms with Crippen LogP contribution >= 0.6 is 23.2 Å². The standard InChI is InChI=1S/C25H19Cl2N5O2/c1-14-21(24(34)29-17-7-3-2-4-8-17)22(15-6-5-9-18(33)12-15)32-25(28-14)30-23(31-32)19-11-10-16(26)13-20(19)27/h2-13,22,33H,1H3,(H,29,34)(H,28,30,31)/t22-/m1/s1. The summed E-state index contributed by atoms with van der Waals surface area (Å²) in [5.41, 5.74) is 3.02. The molecule has 0 spiro atoms. The van der Waals surface area contributed by atoms with Crippen molar-refractivity contribution in [1.29, 1.82) is 0 Å². The maximum absolute atomic E-state index is 13.5. The summed E-state index contributed by atoms with van der Waals surface area (Å²) in [7, 11) is 0. The lowest BCUT2D eigenvalue weighted by Gasteiger charge is -2.28. The molecule has 1 atom stereocenters. The Balaban J connectivity index is 1.62. The fraction of sp³-hybridized carbons (Fsp3) is 0.0800. The molecule has 1 aliphatic heterocycles. The lowest BCUT2D eigenvalue weighted by Crippen LogP contribution is -2.31. The Bertz CT molecular complexity index is 1430. The van der Waals surface area contributed by atoms with Crippen LogP contribution in [0.25, 0.3) is 11.4 Å². The van der Waals surface area contributed by atoms with Crippen LogP contribution in [0.15, 0.2) is 84.1 Å². The largest absolute Gasteiger partial charge is 0.508 e. The Labute approximate surface area is 205 Å². The van der Waals surface area contributed by atoms with E-state index in [-0.39, 0.29) is 11.7 Å². The van der Waals surface area contributed by atoms with Crippen molar-refractivity contribution in [3.05, 3.63) is 99.7 Å². The van der Waals surface area contributed by atoms with Gasteiger partial charge in [-0.1, -0.05) is 53.5 Å². The van der Waals surface area contributed by atoms with Crippen molar-refractivity contribution < 1.29 is 9.90 Å². The topological polar surface area (TPSA) is 92.1 Å². The van der Waals surface area contributed by atoms with Crippen LogP contribution < -0.4 is 10.6 Å². The Kier molecular flexibility index (Phi) is 5.73. The maximum Gasteiger partial charge on any atom is 0.255 e. The number of phenols is 1. The molecular formula is C25H19Cl2N5O2. The van der Waals surface area contributed by atoms with E-state index >= 15 is 0 Å². The number of carbonyl (C=O) groups excluding carboxylic acids is 1. The van der Waals surface area contributed by atoms with E-state index in [2.05, 4.69) is 15.6 Å². The number of rotatable bonds is 4. The molecule has 0 radical (unpaired) electrons. The smallest absolute Gasteiger partial charge is 0.255 e. The van der Waals surface area contributed by atoms with Gasteiger partial charge in [-0.3, -0.25) is 4.79 Å². The third-order valence-electron chi connectivity index (χ3n) is 5.49. The predicted molar refractivity (Wildman–Crippen MR) is 133 cm³/mol. The van der Waals surface area contributed by atoms with Gasteiger partial charge in [0.05, 0.1) is 10.6 Å². The summed E-state index contributed by atoms with van der Waals surface area (Å²) in [6, 6.07) is 20.4. The molecule has 0 fully saturated rings. The number of nitrogens with one attached hydrogen (secondary N) is 2. The average Bonchev–Trinajstić information content (AvgIpc) is 3.21. The number of para-hydroxylation sites is 1. The maximum atomic E-state index is 13.5. The zero-order valence-electron chi connectivity index (χ0n) is 18.0. The third kappa shape index (κ3) is 4.11. The van der Waals surface area contributed by atoms with Gasteiger partial charge in [-0.05, 0) is 55.0 Å². The second-order valence-electron chi connectivity index (χ2n) is 7.81. The van der Waals surface area contributed by atoms with E-state index in [4.69, 9.17) is 28.3 Å². The van der Waals surface area contributed by atoms with Gasteiger partial charge in [0.2, 0.25) is 5.95 Å². The molecule has 170 valence electrons. The minimum absolute atomic E-state index is 0.0825. The zero-order valence-corrected chi connectivity index (χ0v) is 19.5. The highest BCUT2D eigenvalue weighted by Crippen LogP contribution is 2.38. The number of fused-ring (bicyclic) bond motifs is 1. The van der Waals surface area contributed by atoms with Crippen molar-refractivity contribution in [2.24, 2.45) is 0 Å². The SMILES string of the molecule is CC1=C(C(=O)Nc2ccccc2)[C@@H](c2cccc(O)c2)n2nc(-c3ccc(Cl)cc3Cl)nc2N1. The summed E-state index contributed by atoms with van der Waals surface area (Å²) >= 11 is 12.4. The molecule has 2 heterocycles. The third-order valence-corrected chi connectivity index (χ3v) is 6.03. The fourth-order valence-electron chi connectivity index (χ4n) is 3.95. The van der Waals surface area contributed by atoms with Crippen molar-refractivity contribution in [3.63, 3.8) is 0 Å². The molecule has 9 heteroatoms. The first-order valence-electron chi connectivity index (χ1n) is 10.5. The average molecular weight is 492 g/mol. The summed E-state index contributed by atoms with van der Waals surface area (Å²) in [5, 5.41) is 21.9. The van der Waals surface area contributed by atoms with Crippen LogP contribution in [0.5, 0.6) is 5.75 Å². The molecule has 5 rings (SSSR count). The Hall–Kier alpha value is -3.81. The number of anilines is 2. The van der Waals surface area contributed by atoms with Gasteiger partial charge < -0.3 is 15.7 Å². The van der Waals surface area contributed by atoms with Gasteiger partial charge >= 0.3 is 0 Å². The lowest BCUT2D eigenvalue weighted by molar-refractivity contribution is -0.113. The number of hydrogen-bond acceptors (Lipinski definition) is 5. The number of nitrogens with zero attached hydrogens (tertiary/aromatic N) is 3. The molecule has 4 aromatic rings. The molecule has 3 aromatic carbocycles. The van der Waals surface area contributed by atoms with Crippen molar-refractivity contribution in [1.82, 2.24) is 14.8 Å². The lowest BCUT2D eigenvalue weighted by atomic mass is 9.95. The van der Waals surface area contributed by atoms with E-state index < -0.39 is 6.04 Å². The fourth-order valence-corrected chi connectivity index (χ4v) is 4.45. The molecule has 0 aliphatic carbocycles. The normalized spacial score (nSPS) is 15.0. The number of benzene rings is 3. The monoisotopic (exact) mass is 491 g/mol. The summed E-state index contributed by atoms with van der Waals surface area (Å²) in [6.07, 6.45) is 0. The minimum Gasteiger partial charge on any atom is -0.508 e. The molecule has 1 aromatic heterocycles. The summed E-state index contributed by atoms with van der Waals surface area (Å²) in [6.45, 7) is 1.81. The van der Waals surface area contributed by atoms with Gasteiger partial charge in [0.15, 0.2) is 5.82 Å². The van der Waals surface area contributed by atoms with Gasteiger partial charge in [-0.25, -0.2) is 4.68 Å². The molecule has 3 N–H and O–H groups in total. The first-order valence-corrected chi connectivity index (χ1v) is 11.2.